The molecule has 0 saturated carbocycles. The summed E-state index contributed by atoms with van der Waals surface area (Å²) in [6.07, 6.45) is 0.734. The van der Waals surface area contributed by atoms with Gasteiger partial charge in [0.15, 0.2) is 11.5 Å². The molecule has 0 saturated heterocycles. The van der Waals surface area contributed by atoms with Gasteiger partial charge in [-0.2, -0.15) is 0 Å². The van der Waals surface area contributed by atoms with E-state index in [4.69, 9.17) is 15.2 Å². The molecule has 8 nitrogen and oxygen atoms in total. The van der Waals surface area contributed by atoms with Gasteiger partial charge in [0.25, 0.3) is 5.69 Å². The molecule has 1 aliphatic heterocycles. The SMILES string of the molecule is CC[C@H](C)[C@H](N)C(=O)Nc1cc2c(cc1[N+](=O)[O-])OCO2. The summed E-state index contributed by atoms with van der Waals surface area (Å²) < 4.78 is 10.2. The summed E-state index contributed by atoms with van der Waals surface area (Å²) in [6, 6.07) is 1.87. The van der Waals surface area contributed by atoms with Crippen molar-refractivity contribution in [1.29, 1.82) is 0 Å². The molecule has 21 heavy (non-hydrogen) atoms. The van der Waals surface area contributed by atoms with Gasteiger partial charge in [0, 0.05) is 6.07 Å². The minimum Gasteiger partial charge on any atom is -0.454 e. The van der Waals surface area contributed by atoms with E-state index in [0.29, 0.717) is 5.75 Å². The van der Waals surface area contributed by atoms with Gasteiger partial charge in [0.1, 0.15) is 5.69 Å². The van der Waals surface area contributed by atoms with Crippen molar-refractivity contribution in [3.05, 3.63) is 22.2 Å². The fourth-order valence-corrected chi connectivity index (χ4v) is 1.91. The van der Waals surface area contributed by atoms with Crippen molar-refractivity contribution in [2.75, 3.05) is 12.1 Å². The van der Waals surface area contributed by atoms with E-state index < -0.39 is 16.9 Å². The molecule has 0 aromatic heterocycles. The van der Waals surface area contributed by atoms with Gasteiger partial charge in [-0.3, -0.25) is 14.9 Å². The molecule has 0 unspecified atom stereocenters. The molecule has 0 fully saturated rings. The maximum absolute atomic E-state index is 12.1. The van der Waals surface area contributed by atoms with Gasteiger partial charge in [-0.15, -0.1) is 0 Å². The van der Waals surface area contributed by atoms with E-state index in [1.165, 1.54) is 12.1 Å². The average molecular weight is 295 g/mol. The number of rotatable bonds is 5. The van der Waals surface area contributed by atoms with Crippen molar-refractivity contribution >= 4 is 17.3 Å². The molecule has 0 bridgehead atoms. The van der Waals surface area contributed by atoms with E-state index in [-0.39, 0.29) is 29.8 Å². The summed E-state index contributed by atoms with van der Waals surface area (Å²) in [5.74, 6) is 0.142. The second-order valence-electron chi connectivity index (χ2n) is 4.88. The second-order valence-corrected chi connectivity index (χ2v) is 4.88. The molecular weight excluding hydrogens is 278 g/mol. The zero-order chi connectivity index (χ0) is 15.6. The lowest BCUT2D eigenvalue weighted by Crippen LogP contribution is -2.40. The van der Waals surface area contributed by atoms with E-state index in [0.717, 1.165) is 6.42 Å². The smallest absolute Gasteiger partial charge is 0.296 e. The van der Waals surface area contributed by atoms with E-state index >= 15 is 0 Å². The average Bonchev–Trinajstić information content (AvgIpc) is 2.91. The van der Waals surface area contributed by atoms with Gasteiger partial charge >= 0.3 is 0 Å². The monoisotopic (exact) mass is 295 g/mol. The highest BCUT2D eigenvalue weighted by molar-refractivity contribution is 5.97. The number of nitro benzene ring substituents is 1. The molecule has 1 aromatic carbocycles. The first-order valence-electron chi connectivity index (χ1n) is 6.58. The van der Waals surface area contributed by atoms with Crippen molar-refractivity contribution < 1.29 is 19.2 Å². The van der Waals surface area contributed by atoms with Crippen LogP contribution in [0, 0.1) is 16.0 Å². The maximum atomic E-state index is 12.1. The van der Waals surface area contributed by atoms with Gasteiger partial charge in [-0.25, -0.2) is 0 Å². The normalized spacial score (nSPS) is 15.4. The van der Waals surface area contributed by atoms with Crippen molar-refractivity contribution in [2.45, 2.75) is 26.3 Å². The van der Waals surface area contributed by atoms with Crippen molar-refractivity contribution in [1.82, 2.24) is 0 Å². The second kappa shape index (κ2) is 5.96. The van der Waals surface area contributed by atoms with Crippen LogP contribution in [0.1, 0.15) is 20.3 Å². The number of ether oxygens (including phenoxy) is 2. The Bertz CT molecular complexity index is 575. The van der Waals surface area contributed by atoms with E-state index in [1.54, 1.807) is 0 Å². The van der Waals surface area contributed by atoms with E-state index in [9.17, 15) is 14.9 Å². The van der Waals surface area contributed by atoms with Crippen LogP contribution in [0.15, 0.2) is 12.1 Å². The quantitative estimate of drug-likeness (QED) is 0.630. The zero-order valence-corrected chi connectivity index (χ0v) is 11.8. The van der Waals surface area contributed by atoms with Crippen LogP contribution in [-0.4, -0.2) is 23.7 Å². The molecule has 3 N–H and O–H groups in total. The maximum Gasteiger partial charge on any atom is 0.296 e. The Kier molecular flexibility index (Phi) is 4.27. The Morgan fingerprint density at radius 2 is 2.10 bits per heavy atom. The van der Waals surface area contributed by atoms with Crippen LogP contribution in [0.5, 0.6) is 11.5 Å². The van der Waals surface area contributed by atoms with Crippen molar-refractivity contribution in [2.24, 2.45) is 11.7 Å². The Morgan fingerprint density at radius 3 is 2.67 bits per heavy atom. The summed E-state index contributed by atoms with van der Waals surface area (Å²) in [7, 11) is 0. The van der Waals surface area contributed by atoms with Gasteiger partial charge in [0.2, 0.25) is 12.7 Å². The third-order valence-electron chi connectivity index (χ3n) is 3.51. The molecule has 114 valence electrons. The van der Waals surface area contributed by atoms with Gasteiger partial charge < -0.3 is 20.5 Å². The molecule has 0 radical (unpaired) electrons. The number of anilines is 1. The van der Waals surface area contributed by atoms with Gasteiger partial charge in [0.05, 0.1) is 17.0 Å². The van der Waals surface area contributed by atoms with Crippen LogP contribution < -0.4 is 20.5 Å². The Balaban J connectivity index is 2.27. The third kappa shape index (κ3) is 3.05. The minimum absolute atomic E-state index is 0.00370. The Labute approximate surface area is 121 Å². The highest BCUT2D eigenvalue weighted by Gasteiger charge is 2.27. The molecule has 1 aliphatic rings. The molecular formula is C13H17N3O5. The number of nitrogens with one attached hydrogen (secondary N) is 1. The molecule has 0 aliphatic carbocycles. The Morgan fingerprint density at radius 1 is 1.48 bits per heavy atom. The van der Waals surface area contributed by atoms with Crippen LogP contribution in [0.2, 0.25) is 0 Å². The predicted octanol–water partition coefficient (Wildman–Crippen LogP) is 1.64. The number of carbonyl (C=O) groups excluding carboxylic acids is 1. The summed E-state index contributed by atoms with van der Waals surface area (Å²) in [5, 5.41) is 13.6. The lowest BCUT2D eigenvalue weighted by atomic mass is 9.99. The van der Waals surface area contributed by atoms with Gasteiger partial charge in [-0.1, -0.05) is 20.3 Å². The summed E-state index contributed by atoms with van der Waals surface area (Å²) in [4.78, 5) is 22.6. The van der Waals surface area contributed by atoms with Crippen LogP contribution >= 0.6 is 0 Å². The number of nitrogens with two attached hydrogens (primary N) is 1. The van der Waals surface area contributed by atoms with E-state index in [1.807, 2.05) is 13.8 Å². The first-order valence-corrected chi connectivity index (χ1v) is 6.58. The molecule has 2 rings (SSSR count). The lowest BCUT2D eigenvalue weighted by Gasteiger charge is -2.17. The molecule has 8 heteroatoms. The zero-order valence-electron chi connectivity index (χ0n) is 11.8. The van der Waals surface area contributed by atoms with Crippen LogP contribution in [0.3, 0.4) is 0 Å². The fraction of sp³-hybridized carbons (Fsp3) is 0.462. The van der Waals surface area contributed by atoms with Crippen molar-refractivity contribution in [3.8, 4) is 11.5 Å². The van der Waals surface area contributed by atoms with Crippen LogP contribution in [0.25, 0.3) is 0 Å². The standard InChI is InChI=1S/C13H17N3O5/c1-3-7(2)12(14)13(17)15-8-4-10-11(21-6-20-10)5-9(8)16(18)19/h4-5,7,12H,3,6,14H2,1-2H3,(H,15,17)/t7-,12-/m0/s1. The Hall–Kier alpha value is -2.35. The highest BCUT2D eigenvalue weighted by atomic mass is 16.7. The molecule has 0 spiro atoms. The third-order valence-corrected chi connectivity index (χ3v) is 3.51. The first-order chi connectivity index (χ1) is 9.93. The largest absolute Gasteiger partial charge is 0.454 e. The number of amides is 1. The number of hydrogen-bond acceptors (Lipinski definition) is 6. The predicted molar refractivity (Wildman–Crippen MR) is 75.3 cm³/mol. The highest BCUT2D eigenvalue weighted by Crippen LogP contribution is 2.40. The minimum atomic E-state index is -0.736. The molecule has 1 heterocycles. The summed E-state index contributed by atoms with van der Waals surface area (Å²) in [6.45, 7) is 3.76. The summed E-state index contributed by atoms with van der Waals surface area (Å²) in [5.41, 5.74) is 5.61. The van der Waals surface area contributed by atoms with E-state index in [2.05, 4.69) is 5.32 Å². The molecule has 1 amide bonds. The number of nitro groups is 1. The lowest BCUT2D eigenvalue weighted by molar-refractivity contribution is -0.384. The topological polar surface area (TPSA) is 117 Å². The molecule has 2 atom stereocenters. The van der Waals surface area contributed by atoms with Gasteiger partial charge in [-0.05, 0) is 5.92 Å². The number of fused-ring (bicyclic) bond motifs is 1. The molecule has 1 aromatic rings. The first kappa shape index (κ1) is 15.0. The van der Waals surface area contributed by atoms with Crippen LogP contribution in [-0.2, 0) is 4.79 Å². The number of nitrogens with zero attached hydrogens (tertiary/aromatic N) is 1. The number of benzene rings is 1. The van der Waals surface area contributed by atoms with Crippen LogP contribution in [0.4, 0.5) is 11.4 Å². The fourth-order valence-electron chi connectivity index (χ4n) is 1.91. The van der Waals surface area contributed by atoms with Crippen molar-refractivity contribution in [3.63, 3.8) is 0 Å². The number of carbonyl (C=O) groups is 1. The summed E-state index contributed by atoms with van der Waals surface area (Å²) >= 11 is 0. The number of hydrogen-bond donors (Lipinski definition) is 2.